The Morgan fingerprint density at radius 1 is 1.27 bits per heavy atom. The van der Waals surface area contributed by atoms with Crippen molar-refractivity contribution in [3.63, 3.8) is 0 Å². The van der Waals surface area contributed by atoms with Gasteiger partial charge in [-0.1, -0.05) is 12.1 Å². The van der Waals surface area contributed by atoms with E-state index in [1.54, 1.807) is 6.07 Å². The van der Waals surface area contributed by atoms with Crippen LogP contribution in [0.15, 0.2) is 10.6 Å². The number of amides is 2. The molecule has 1 aliphatic carbocycles. The second-order valence-electron chi connectivity index (χ2n) is 8.14. The SMILES string of the molecule is C[C@H]1CN(C(=O)CC2CCNCC2)C[C@@H]1NC(=O)c1cc(C2CC2)on1. The maximum Gasteiger partial charge on any atom is 0.273 e. The molecular formula is C19H28N4O3. The van der Waals surface area contributed by atoms with Crippen molar-refractivity contribution in [2.45, 2.75) is 51.0 Å². The molecule has 1 aromatic rings. The number of nitrogens with zero attached hydrogens (tertiary/aromatic N) is 2. The van der Waals surface area contributed by atoms with Crippen LogP contribution in [0.4, 0.5) is 0 Å². The second-order valence-corrected chi connectivity index (χ2v) is 8.14. The van der Waals surface area contributed by atoms with E-state index >= 15 is 0 Å². The normalized spacial score (nSPS) is 26.9. The van der Waals surface area contributed by atoms with Crippen LogP contribution in [-0.2, 0) is 4.79 Å². The van der Waals surface area contributed by atoms with Crippen molar-refractivity contribution in [2.75, 3.05) is 26.2 Å². The Morgan fingerprint density at radius 2 is 2.04 bits per heavy atom. The van der Waals surface area contributed by atoms with Crippen molar-refractivity contribution in [1.82, 2.24) is 20.7 Å². The summed E-state index contributed by atoms with van der Waals surface area (Å²) in [6.07, 6.45) is 5.01. The Labute approximate surface area is 153 Å². The average Bonchev–Trinajstić information content (AvgIpc) is 3.25. The molecule has 3 fully saturated rings. The maximum atomic E-state index is 12.6. The molecule has 142 valence electrons. The third kappa shape index (κ3) is 3.92. The van der Waals surface area contributed by atoms with Crippen LogP contribution in [0.1, 0.15) is 61.2 Å². The molecule has 0 spiro atoms. The fraction of sp³-hybridized carbons (Fsp3) is 0.737. The molecule has 2 aliphatic heterocycles. The van der Waals surface area contributed by atoms with E-state index in [9.17, 15) is 9.59 Å². The number of hydrogen-bond donors (Lipinski definition) is 2. The zero-order valence-electron chi connectivity index (χ0n) is 15.4. The van der Waals surface area contributed by atoms with Gasteiger partial charge in [0.2, 0.25) is 5.91 Å². The number of carbonyl (C=O) groups excluding carboxylic acids is 2. The summed E-state index contributed by atoms with van der Waals surface area (Å²) < 4.78 is 5.26. The molecule has 3 aliphatic rings. The number of piperidine rings is 1. The summed E-state index contributed by atoms with van der Waals surface area (Å²) in [5.41, 5.74) is 0.346. The molecule has 0 unspecified atom stereocenters. The molecule has 0 aromatic carbocycles. The topological polar surface area (TPSA) is 87.5 Å². The minimum absolute atomic E-state index is 0.0273. The summed E-state index contributed by atoms with van der Waals surface area (Å²) in [5.74, 6) is 2.00. The molecule has 4 rings (SSSR count). The van der Waals surface area contributed by atoms with E-state index < -0.39 is 0 Å². The first-order valence-electron chi connectivity index (χ1n) is 9.86. The van der Waals surface area contributed by atoms with Crippen LogP contribution in [0, 0.1) is 11.8 Å². The van der Waals surface area contributed by atoms with Crippen LogP contribution in [0.25, 0.3) is 0 Å². The quantitative estimate of drug-likeness (QED) is 0.831. The number of aromatic nitrogens is 1. The molecule has 0 bridgehead atoms. The standard InChI is InChI=1S/C19H28N4O3/c1-12-10-23(18(24)8-13-4-6-20-7-5-13)11-16(12)21-19(25)15-9-17(26-22-15)14-2-3-14/h9,12-14,16,20H,2-8,10-11H2,1H3,(H,21,25)/t12-,16-/m0/s1. The van der Waals surface area contributed by atoms with Gasteiger partial charge in [0.05, 0.1) is 6.04 Å². The predicted molar refractivity (Wildman–Crippen MR) is 95.7 cm³/mol. The minimum Gasteiger partial charge on any atom is -0.360 e. The molecule has 7 nitrogen and oxygen atoms in total. The zero-order valence-corrected chi connectivity index (χ0v) is 15.4. The first-order chi connectivity index (χ1) is 12.6. The van der Waals surface area contributed by atoms with Crippen LogP contribution in [0.5, 0.6) is 0 Å². The molecule has 2 amide bonds. The Bertz CT molecular complexity index is 663. The van der Waals surface area contributed by atoms with Gasteiger partial charge in [-0.05, 0) is 50.6 Å². The molecule has 2 saturated heterocycles. The van der Waals surface area contributed by atoms with Crippen molar-refractivity contribution in [3.05, 3.63) is 17.5 Å². The molecule has 1 aromatic heterocycles. The Hall–Kier alpha value is -1.89. The highest BCUT2D eigenvalue weighted by Gasteiger charge is 2.35. The molecular weight excluding hydrogens is 332 g/mol. The van der Waals surface area contributed by atoms with Gasteiger partial charge in [0.25, 0.3) is 5.91 Å². The third-order valence-corrected chi connectivity index (χ3v) is 5.94. The summed E-state index contributed by atoms with van der Waals surface area (Å²) in [4.78, 5) is 27.0. The third-order valence-electron chi connectivity index (χ3n) is 5.94. The fourth-order valence-corrected chi connectivity index (χ4v) is 4.02. The lowest BCUT2D eigenvalue weighted by Crippen LogP contribution is -2.41. The predicted octanol–water partition coefficient (Wildman–Crippen LogP) is 1.52. The van der Waals surface area contributed by atoms with Crippen LogP contribution in [0.3, 0.4) is 0 Å². The van der Waals surface area contributed by atoms with Crippen molar-refractivity contribution in [1.29, 1.82) is 0 Å². The van der Waals surface area contributed by atoms with E-state index in [2.05, 4.69) is 22.7 Å². The van der Waals surface area contributed by atoms with Gasteiger partial charge in [0.1, 0.15) is 5.76 Å². The van der Waals surface area contributed by atoms with Gasteiger partial charge < -0.3 is 20.1 Å². The van der Waals surface area contributed by atoms with E-state index in [-0.39, 0.29) is 23.8 Å². The molecule has 7 heteroatoms. The van der Waals surface area contributed by atoms with Gasteiger partial charge in [-0.25, -0.2) is 0 Å². The highest BCUT2D eigenvalue weighted by molar-refractivity contribution is 5.92. The smallest absolute Gasteiger partial charge is 0.273 e. The van der Waals surface area contributed by atoms with E-state index in [4.69, 9.17) is 4.52 Å². The van der Waals surface area contributed by atoms with Gasteiger partial charge in [-0.3, -0.25) is 9.59 Å². The van der Waals surface area contributed by atoms with Crippen molar-refractivity contribution < 1.29 is 14.1 Å². The lowest BCUT2D eigenvalue weighted by molar-refractivity contribution is -0.131. The largest absolute Gasteiger partial charge is 0.360 e. The van der Waals surface area contributed by atoms with Crippen molar-refractivity contribution >= 4 is 11.8 Å². The number of carbonyl (C=O) groups is 2. The molecule has 2 atom stereocenters. The van der Waals surface area contributed by atoms with Gasteiger partial charge in [-0.15, -0.1) is 0 Å². The van der Waals surface area contributed by atoms with Gasteiger partial charge >= 0.3 is 0 Å². The molecule has 0 radical (unpaired) electrons. The summed E-state index contributed by atoms with van der Waals surface area (Å²) in [6, 6.07) is 1.73. The lowest BCUT2D eigenvalue weighted by atomic mass is 9.94. The Balaban J connectivity index is 1.29. The van der Waals surface area contributed by atoms with Crippen LogP contribution in [-0.4, -0.2) is 54.1 Å². The molecule has 1 saturated carbocycles. The Morgan fingerprint density at radius 3 is 2.77 bits per heavy atom. The average molecular weight is 360 g/mol. The van der Waals surface area contributed by atoms with Crippen LogP contribution >= 0.6 is 0 Å². The lowest BCUT2D eigenvalue weighted by Gasteiger charge is -2.24. The van der Waals surface area contributed by atoms with E-state index in [1.165, 1.54) is 0 Å². The number of hydrogen-bond acceptors (Lipinski definition) is 5. The highest BCUT2D eigenvalue weighted by atomic mass is 16.5. The molecule has 2 N–H and O–H groups in total. The fourth-order valence-electron chi connectivity index (χ4n) is 4.02. The van der Waals surface area contributed by atoms with Crippen molar-refractivity contribution in [2.24, 2.45) is 11.8 Å². The van der Waals surface area contributed by atoms with Crippen LogP contribution < -0.4 is 10.6 Å². The molecule has 26 heavy (non-hydrogen) atoms. The first kappa shape index (κ1) is 17.5. The monoisotopic (exact) mass is 360 g/mol. The van der Waals surface area contributed by atoms with Gasteiger partial charge in [-0.2, -0.15) is 0 Å². The second kappa shape index (κ2) is 7.39. The summed E-state index contributed by atoms with van der Waals surface area (Å²) in [5, 5.41) is 10.3. The van der Waals surface area contributed by atoms with Gasteiger partial charge in [0, 0.05) is 31.5 Å². The maximum absolute atomic E-state index is 12.6. The first-order valence-corrected chi connectivity index (χ1v) is 9.86. The summed E-state index contributed by atoms with van der Waals surface area (Å²) in [6.45, 7) is 5.40. The number of rotatable bonds is 5. The number of nitrogens with one attached hydrogen (secondary N) is 2. The van der Waals surface area contributed by atoms with E-state index in [1.807, 2.05) is 4.90 Å². The van der Waals surface area contributed by atoms with E-state index in [0.29, 0.717) is 37.0 Å². The molecule has 3 heterocycles. The van der Waals surface area contributed by atoms with Crippen LogP contribution in [0.2, 0.25) is 0 Å². The Kier molecular flexibility index (Phi) is 4.98. The van der Waals surface area contributed by atoms with E-state index in [0.717, 1.165) is 44.5 Å². The summed E-state index contributed by atoms with van der Waals surface area (Å²) >= 11 is 0. The van der Waals surface area contributed by atoms with Gasteiger partial charge in [0.15, 0.2) is 5.69 Å². The van der Waals surface area contributed by atoms with Crippen molar-refractivity contribution in [3.8, 4) is 0 Å². The highest BCUT2D eigenvalue weighted by Crippen LogP contribution is 2.40. The zero-order chi connectivity index (χ0) is 18.1. The minimum atomic E-state index is -0.204. The number of likely N-dealkylation sites (tertiary alicyclic amines) is 1. The summed E-state index contributed by atoms with van der Waals surface area (Å²) in [7, 11) is 0.